The lowest BCUT2D eigenvalue weighted by Gasteiger charge is -2.28. The molecule has 0 amide bonds. The maximum absolute atomic E-state index is 13.7. The molecule has 0 aromatic heterocycles. The van der Waals surface area contributed by atoms with Crippen molar-refractivity contribution < 1.29 is 27.6 Å². The van der Waals surface area contributed by atoms with Gasteiger partial charge in [0, 0.05) is 43.8 Å². The quantitative estimate of drug-likeness (QED) is 0.182. The van der Waals surface area contributed by atoms with Crippen LogP contribution in [0.25, 0.3) is 0 Å². The van der Waals surface area contributed by atoms with Gasteiger partial charge in [0.2, 0.25) is 11.6 Å². The molecule has 3 rings (SSSR count). The largest absolute Gasteiger partial charge is 0.500 e. The van der Waals surface area contributed by atoms with Gasteiger partial charge >= 0.3 is 8.80 Å². The summed E-state index contributed by atoms with van der Waals surface area (Å²) in [5.41, 5.74) is 7.15. The molecule has 0 heterocycles. The molecule has 0 atom stereocenters. The summed E-state index contributed by atoms with van der Waals surface area (Å²) in [6, 6.07) is 12.7. The zero-order valence-corrected chi connectivity index (χ0v) is 23.2. The first-order chi connectivity index (χ1) is 18.3. The van der Waals surface area contributed by atoms with Crippen LogP contribution < -0.4 is 21.1 Å². The van der Waals surface area contributed by atoms with Gasteiger partial charge in [-0.3, -0.25) is 9.59 Å². The van der Waals surface area contributed by atoms with E-state index in [0.717, 1.165) is 0 Å². The molecule has 10 nitrogen and oxygen atoms in total. The number of nitriles is 1. The maximum atomic E-state index is 13.7. The van der Waals surface area contributed by atoms with E-state index in [2.05, 4.69) is 10.6 Å². The van der Waals surface area contributed by atoms with E-state index in [0.29, 0.717) is 56.0 Å². The van der Waals surface area contributed by atoms with E-state index < -0.39 is 20.4 Å². The highest BCUT2D eigenvalue weighted by Gasteiger charge is 2.40. The van der Waals surface area contributed by atoms with Gasteiger partial charge in [0.25, 0.3) is 0 Å². The molecule has 0 aliphatic heterocycles. The molecule has 0 radical (unpaired) electrons. The number of fused-ring (bicyclic) bond motifs is 1. The van der Waals surface area contributed by atoms with Crippen LogP contribution in [0.5, 0.6) is 5.75 Å². The van der Waals surface area contributed by atoms with E-state index in [-0.39, 0.29) is 28.1 Å². The van der Waals surface area contributed by atoms with Crippen LogP contribution in [-0.4, -0.2) is 53.8 Å². The molecule has 202 valence electrons. The summed E-state index contributed by atoms with van der Waals surface area (Å²) in [6.07, 6.45) is 0.538. The van der Waals surface area contributed by atoms with Crippen LogP contribution >= 0.6 is 0 Å². The Labute approximate surface area is 224 Å². The van der Waals surface area contributed by atoms with Crippen molar-refractivity contribution in [1.82, 2.24) is 5.32 Å². The van der Waals surface area contributed by atoms with Crippen LogP contribution in [-0.2, 0) is 13.3 Å². The fourth-order valence-electron chi connectivity index (χ4n) is 4.31. The number of nitrogen functional groups attached to an aromatic ring is 1. The number of allylic oxidation sites excluding steroid dienone is 2. The monoisotopic (exact) mass is 538 g/mol. The lowest BCUT2D eigenvalue weighted by atomic mass is 9.85. The number of methoxy groups -OCH3 is 1. The van der Waals surface area contributed by atoms with Crippen LogP contribution in [0.4, 0.5) is 17.1 Å². The molecule has 0 saturated heterocycles. The SMILES string of the molecule is CCO[Si](CCCNC1=C(C#N)C(=O)c2c(N)ccc(Nc3ccc(OC)cc3)c2C1=O)(OCC)OCC. The Morgan fingerprint density at radius 1 is 0.921 bits per heavy atom. The zero-order valence-electron chi connectivity index (χ0n) is 22.2. The van der Waals surface area contributed by atoms with Crippen molar-refractivity contribution in [1.29, 1.82) is 5.26 Å². The van der Waals surface area contributed by atoms with Gasteiger partial charge in [-0.15, -0.1) is 0 Å². The van der Waals surface area contributed by atoms with E-state index in [1.165, 1.54) is 0 Å². The number of rotatable bonds is 14. The second-order valence-electron chi connectivity index (χ2n) is 8.34. The normalized spacial score (nSPS) is 13.2. The highest BCUT2D eigenvalue weighted by atomic mass is 28.4. The van der Waals surface area contributed by atoms with Crippen LogP contribution in [0.3, 0.4) is 0 Å². The lowest BCUT2D eigenvalue weighted by molar-refractivity contribution is 0.0708. The average Bonchev–Trinajstić information content (AvgIpc) is 2.91. The molecule has 0 unspecified atom stereocenters. The number of ketones is 2. The van der Waals surface area contributed by atoms with E-state index in [1.807, 2.05) is 26.8 Å². The molecule has 11 heteroatoms. The molecule has 2 aromatic carbocycles. The number of nitrogens with zero attached hydrogens (tertiary/aromatic N) is 1. The summed E-state index contributed by atoms with van der Waals surface area (Å²) in [6.45, 7) is 7.33. The molecule has 1 aliphatic carbocycles. The first kappa shape index (κ1) is 28.9. The zero-order chi connectivity index (χ0) is 27.7. The maximum Gasteiger partial charge on any atom is 0.500 e. The Kier molecular flexibility index (Phi) is 10.0. The molecular formula is C27H34N4O6Si. The van der Waals surface area contributed by atoms with Crippen molar-refractivity contribution in [2.24, 2.45) is 0 Å². The minimum absolute atomic E-state index is 0.0195. The highest BCUT2D eigenvalue weighted by Crippen LogP contribution is 2.36. The second-order valence-corrected chi connectivity index (χ2v) is 11.1. The predicted octanol–water partition coefficient (Wildman–Crippen LogP) is 4.21. The van der Waals surface area contributed by atoms with Crippen LogP contribution in [0.1, 0.15) is 47.9 Å². The topological polar surface area (TPSA) is 145 Å². The van der Waals surface area contributed by atoms with Gasteiger partial charge in [0.05, 0.1) is 23.9 Å². The van der Waals surface area contributed by atoms with Gasteiger partial charge in [0.15, 0.2) is 0 Å². The molecule has 0 saturated carbocycles. The van der Waals surface area contributed by atoms with Gasteiger partial charge in [-0.05, 0) is 63.6 Å². The van der Waals surface area contributed by atoms with Gasteiger partial charge in [0.1, 0.15) is 23.1 Å². The lowest BCUT2D eigenvalue weighted by Crippen LogP contribution is -2.46. The average molecular weight is 539 g/mol. The number of nitrogens with one attached hydrogen (secondary N) is 2. The number of carbonyl (C=O) groups is 2. The summed E-state index contributed by atoms with van der Waals surface area (Å²) in [5, 5.41) is 16.0. The third kappa shape index (κ3) is 6.23. The van der Waals surface area contributed by atoms with Gasteiger partial charge < -0.3 is 34.4 Å². The number of nitrogens with two attached hydrogens (primary N) is 1. The third-order valence-electron chi connectivity index (χ3n) is 5.93. The Morgan fingerprint density at radius 3 is 2.11 bits per heavy atom. The molecule has 0 fully saturated rings. The minimum Gasteiger partial charge on any atom is -0.497 e. The van der Waals surface area contributed by atoms with Gasteiger partial charge in [-0.2, -0.15) is 5.26 Å². The fraction of sp³-hybridized carbons (Fsp3) is 0.370. The number of hydrogen-bond donors (Lipinski definition) is 3. The van der Waals surface area contributed by atoms with E-state index in [9.17, 15) is 14.9 Å². The molecular weight excluding hydrogens is 504 g/mol. The predicted molar refractivity (Wildman–Crippen MR) is 146 cm³/mol. The number of anilines is 3. The Hall–Kier alpha value is -3.69. The summed E-state index contributed by atoms with van der Waals surface area (Å²) in [5.74, 6) is -0.399. The van der Waals surface area contributed by atoms with Crippen LogP contribution in [0.15, 0.2) is 47.7 Å². The molecule has 0 bridgehead atoms. The molecule has 2 aromatic rings. The molecule has 38 heavy (non-hydrogen) atoms. The summed E-state index contributed by atoms with van der Waals surface area (Å²) in [7, 11) is -1.30. The number of carbonyl (C=O) groups excluding carboxylic acids is 2. The van der Waals surface area contributed by atoms with Crippen molar-refractivity contribution in [3.8, 4) is 11.8 Å². The number of hydrogen-bond acceptors (Lipinski definition) is 10. The van der Waals surface area contributed by atoms with Crippen LogP contribution in [0, 0.1) is 11.3 Å². The van der Waals surface area contributed by atoms with E-state index >= 15 is 0 Å². The third-order valence-corrected chi connectivity index (χ3v) is 9.08. The number of Topliss-reactive ketones (excluding diaryl/α,β-unsaturated/α-hetero) is 2. The summed E-state index contributed by atoms with van der Waals surface area (Å²) < 4.78 is 22.8. The molecule has 4 N–H and O–H groups in total. The van der Waals surface area contributed by atoms with E-state index in [4.69, 9.17) is 23.7 Å². The van der Waals surface area contributed by atoms with Crippen molar-refractivity contribution in [3.05, 3.63) is 58.8 Å². The standard InChI is InChI=1S/C27H34N4O6Si/c1-5-35-38(36-6-2,37-7-3)16-8-15-30-25-20(17-28)26(32)23-21(29)13-14-22(24(23)27(25)33)31-18-9-11-19(34-4)12-10-18/h9-14,30-31H,5-8,15-16,29H2,1-4H3. The minimum atomic E-state index is -2.87. The van der Waals surface area contributed by atoms with Crippen molar-refractivity contribution in [2.45, 2.75) is 33.2 Å². The number of ether oxygens (including phenoxy) is 1. The fourth-order valence-corrected chi connectivity index (χ4v) is 6.92. The second kappa shape index (κ2) is 13.2. The van der Waals surface area contributed by atoms with Crippen molar-refractivity contribution >= 4 is 37.4 Å². The first-order valence-electron chi connectivity index (χ1n) is 12.6. The van der Waals surface area contributed by atoms with Crippen molar-refractivity contribution in [2.75, 3.05) is 44.5 Å². The Bertz CT molecular complexity index is 1220. The van der Waals surface area contributed by atoms with E-state index in [1.54, 1.807) is 43.5 Å². The highest BCUT2D eigenvalue weighted by molar-refractivity contribution is 6.60. The summed E-state index contributed by atoms with van der Waals surface area (Å²) >= 11 is 0. The Balaban J connectivity index is 1.86. The summed E-state index contributed by atoms with van der Waals surface area (Å²) in [4.78, 5) is 27.0. The number of benzene rings is 2. The Morgan fingerprint density at radius 2 is 1.55 bits per heavy atom. The molecule has 0 spiro atoms. The smallest absolute Gasteiger partial charge is 0.497 e. The first-order valence-corrected chi connectivity index (χ1v) is 14.5. The van der Waals surface area contributed by atoms with Gasteiger partial charge in [-0.1, -0.05) is 0 Å². The van der Waals surface area contributed by atoms with Gasteiger partial charge in [-0.25, -0.2) is 0 Å². The van der Waals surface area contributed by atoms with Crippen molar-refractivity contribution in [3.63, 3.8) is 0 Å². The van der Waals surface area contributed by atoms with Crippen LogP contribution in [0.2, 0.25) is 6.04 Å². The molecule has 1 aliphatic rings.